The molecule has 1 aliphatic heterocycles. The van der Waals surface area contributed by atoms with Gasteiger partial charge in [-0.1, -0.05) is 24.3 Å². The quantitative estimate of drug-likeness (QED) is 0.909. The van der Waals surface area contributed by atoms with Crippen LogP contribution < -0.4 is 5.32 Å². The monoisotopic (exact) mass is 361 g/mol. The van der Waals surface area contributed by atoms with Crippen molar-refractivity contribution in [1.29, 1.82) is 0 Å². The molecule has 2 aromatic rings. The van der Waals surface area contributed by atoms with Gasteiger partial charge < -0.3 is 5.32 Å². The van der Waals surface area contributed by atoms with E-state index in [-0.39, 0.29) is 0 Å². The van der Waals surface area contributed by atoms with Crippen molar-refractivity contribution in [3.8, 4) is 0 Å². The van der Waals surface area contributed by atoms with Gasteiger partial charge in [-0.2, -0.15) is 0 Å². The predicted molar refractivity (Wildman–Crippen MR) is 102 cm³/mol. The first-order valence-electron chi connectivity index (χ1n) is 8.85. The number of sulfonamides is 1. The zero-order chi connectivity index (χ0) is 18.1. The van der Waals surface area contributed by atoms with Crippen molar-refractivity contribution < 1.29 is 8.42 Å². The Hall–Kier alpha value is -1.50. The number of aromatic nitrogens is 1. The molecule has 0 radical (unpaired) electrons. The number of para-hydroxylation sites is 1. The van der Waals surface area contributed by atoms with E-state index >= 15 is 0 Å². The van der Waals surface area contributed by atoms with Crippen LogP contribution in [0.25, 0.3) is 10.9 Å². The third-order valence-corrected chi connectivity index (χ3v) is 7.46. The minimum atomic E-state index is -3.22. The van der Waals surface area contributed by atoms with Crippen molar-refractivity contribution in [2.45, 2.75) is 50.9 Å². The zero-order valence-electron chi connectivity index (χ0n) is 15.2. The molecular formula is C19H27N3O2S. The molecule has 5 nitrogen and oxygen atoms in total. The number of hydrogen-bond acceptors (Lipinski definition) is 4. The van der Waals surface area contributed by atoms with Gasteiger partial charge in [-0.15, -0.1) is 0 Å². The van der Waals surface area contributed by atoms with E-state index in [0.717, 1.165) is 30.3 Å². The minimum absolute atomic E-state index is 0.338. The van der Waals surface area contributed by atoms with Crippen LogP contribution in [-0.4, -0.2) is 41.6 Å². The van der Waals surface area contributed by atoms with Crippen LogP contribution in [0.15, 0.2) is 36.5 Å². The van der Waals surface area contributed by atoms with Crippen molar-refractivity contribution >= 4 is 20.9 Å². The standard InChI is InChI=1S/C19H27N3O2S/c1-19(2,3)25(23,24)22-12-9-17(10-13-22)21-14-16-7-4-6-15-8-5-11-20-18(15)16/h4-8,11,17,21H,9-10,12-14H2,1-3H3. The van der Waals surface area contributed by atoms with E-state index in [2.05, 4.69) is 34.6 Å². The van der Waals surface area contributed by atoms with Gasteiger partial charge in [0.25, 0.3) is 0 Å². The topological polar surface area (TPSA) is 62.3 Å². The van der Waals surface area contributed by atoms with Crippen molar-refractivity contribution in [2.24, 2.45) is 0 Å². The lowest BCUT2D eigenvalue weighted by molar-refractivity contribution is 0.283. The lowest BCUT2D eigenvalue weighted by Gasteiger charge is -2.35. The number of hydrogen-bond donors (Lipinski definition) is 1. The molecule has 1 fully saturated rings. The third kappa shape index (κ3) is 3.86. The van der Waals surface area contributed by atoms with Crippen molar-refractivity contribution in [3.05, 3.63) is 42.1 Å². The van der Waals surface area contributed by atoms with E-state index in [4.69, 9.17) is 0 Å². The number of benzene rings is 1. The molecule has 1 aromatic heterocycles. The molecule has 1 N–H and O–H groups in total. The molecule has 0 unspecified atom stereocenters. The molecule has 2 heterocycles. The highest BCUT2D eigenvalue weighted by atomic mass is 32.2. The van der Waals surface area contributed by atoms with Gasteiger partial charge in [0, 0.05) is 37.3 Å². The van der Waals surface area contributed by atoms with Gasteiger partial charge in [-0.3, -0.25) is 4.98 Å². The van der Waals surface area contributed by atoms with E-state index in [1.54, 1.807) is 25.1 Å². The van der Waals surface area contributed by atoms with Crippen molar-refractivity contribution in [1.82, 2.24) is 14.6 Å². The van der Waals surface area contributed by atoms with Crippen LogP contribution in [0, 0.1) is 0 Å². The number of pyridine rings is 1. The summed E-state index contributed by atoms with van der Waals surface area (Å²) in [6, 6.07) is 10.6. The number of nitrogens with one attached hydrogen (secondary N) is 1. The fraction of sp³-hybridized carbons (Fsp3) is 0.526. The summed E-state index contributed by atoms with van der Waals surface area (Å²) in [5, 5.41) is 4.73. The van der Waals surface area contributed by atoms with Gasteiger partial charge in [0.15, 0.2) is 0 Å². The molecule has 25 heavy (non-hydrogen) atoms. The molecule has 6 heteroatoms. The lowest BCUT2D eigenvalue weighted by Crippen LogP contribution is -2.49. The van der Waals surface area contributed by atoms with Crippen LogP contribution >= 0.6 is 0 Å². The maximum absolute atomic E-state index is 12.5. The fourth-order valence-corrected chi connectivity index (χ4v) is 4.72. The summed E-state index contributed by atoms with van der Waals surface area (Å²) < 4.78 is 26.0. The largest absolute Gasteiger partial charge is 0.310 e. The zero-order valence-corrected chi connectivity index (χ0v) is 16.0. The summed E-state index contributed by atoms with van der Waals surface area (Å²) in [4.78, 5) is 4.49. The highest BCUT2D eigenvalue weighted by molar-refractivity contribution is 7.90. The van der Waals surface area contributed by atoms with Gasteiger partial charge in [0.2, 0.25) is 10.0 Å². The first kappa shape index (κ1) is 18.3. The van der Waals surface area contributed by atoms with Crippen LogP contribution in [0.1, 0.15) is 39.2 Å². The van der Waals surface area contributed by atoms with E-state index in [1.807, 2.05) is 12.3 Å². The Morgan fingerprint density at radius 2 is 1.84 bits per heavy atom. The van der Waals surface area contributed by atoms with Crippen LogP contribution in [0.2, 0.25) is 0 Å². The smallest absolute Gasteiger partial charge is 0.219 e. The molecule has 1 saturated heterocycles. The minimum Gasteiger partial charge on any atom is -0.310 e. The van der Waals surface area contributed by atoms with E-state index < -0.39 is 14.8 Å². The van der Waals surface area contributed by atoms with Gasteiger partial charge in [0.1, 0.15) is 0 Å². The molecule has 0 amide bonds. The SMILES string of the molecule is CC(C)(C)S(=O)(=O)N1CCC(NCc2cccc3cccnc23)CC1. The molecule has 0 aliphatic carbocycles. The van der Waals surface area contributed by atoms with Gasteiger partial charge >= 0.3 is 0 Å². The summed E-state index contributed by atoms with van der Waals surface area (Å²) in [6.45, 7) is 7.22. The molecule has 1 aliphatic rings. The Kier molecular flexibility index (Phi) is 5.14. The second kappa shape index (κ2) is 7.02. The summed E-state index contributed by atoms with van der Waals surface area (Å²) in [5.74, 6) is 0. The maximum Gasteiger partial charge on any atom is 0.219 e. The Balaban J connectivity index is 1.60. The third-order valence-electron chi connectivity index (χ3n) is 4.87. The molecule has 0 bridgehead atoms. The fourth-order valence-electron chi connectivity index (χ4n) is 3.25. The summed E-state index contributed by atoms with van der Waals surface area (Å²) in [5.41, 5.74) is 2.22. The molecule has 1 aromatic carbocycles. The number of piperidine rings is 1. The Labute approximate surface area is 150 Å². The predicted octanol–water partition coefficient (Wildman–Crippen LogP) is 2.92. The van der Waals surface area contributed by atoms with Gasteiger partial charge in [0.05, 0.1) is 10.3 Å². The number of nitrogens with zero attached hydrogens (tertiary/aromatic N) is 2. The van der Waals surface area contributed by atoms with Crippen LogP contribution in [0.5, 0.6) is 0 Å². The second-order valence-electron chi connectivity index (χ2n) is 7.66. The van der Waals surface area contributed by atoms with Crippen LogP contribution in [0.4, 0.5) is 0 Å². The number of fused-ring (bicyclic) bond motifs is 1. The highest BCUT2D eigenvalue weighted by Gasteiger charge is 2.37. The maximum atomic E-state index is 12.5. The van der Waals surface area contributed by atoms with Gasteiger partial charge in [-0.25, -0.2) is 12.7 Å². The molecule has 0 atom stereocenters. The number of rotatable bonds is 4. The summed E-state index contributed by atoms with van der Waals surface area (Å²) in [7, 11) is -3.22. The first-order valence-corrected chi connectivity index (χ1v) is 10.3. The normalized spacial score (nSPS) is 17.9. The molecule has 0 spiro atoms. The molecule has 3 rings (SSSR count). The van der Waals surface area contributed by atoms with Crippen LogP contribution in [-0.2, 0) is 16.6 Å². The summed E-state index contributed by atoms with van der Waals surface area (Å²) in [6.07, 6.45) is 3.50. The first-order chi connectivity index (χ1) is 11.8. The van der Waals surface area contributed by atoms with E-state index in [9.17, 15) is 8.42 Å². The average molecular weight is 362 g/mol. The summed E-state index contributed by atoms with van der Waals surface area (Å²) >= 11 is 0. The Morgan fingerprint density at radius 1 is 1.16 bits per heavy atom. The van der Waals surface area contributed by atoms with E-state index in [0.29, 0.717) is 19.1 Å². The molecule has 136 valence electrons. The van der Waals surface area contributed by atoms with E-state index in [1.165, 1.54) is 5.56 Å². The van der Waals surface area contributed by atoms with Gasteiger partial charge in [-0.05, 0) is 45.2 Å². The average Bonchev–Trinajstić information content (AvgIpc) is 2.59. The lowest BCUT2D eigenvalue weighted by atomic mass is 10.1. The van der Waals surface area contributed by atoms with Crippen molar-refractivity contribution in [3.63, 3.8) is 0 Å². The highest BCUT2D eigenvalue weighted by Crippen LogP contribution is 2.24. The second-order valence-corrected chi connectivity index (χ2v) is 10.4. The van der Waals surface area contributed by atoms with Crippen LogP contribution in [0.3, 0.4) is 0 Å². The molecular weight excluding hydrogens is 334 g/mol. The Bertz CT molecular complexity index is 830. The Morgan fingerprint density at radius 3 is 2.52 bits per heavy atom. The van der Waals surface area contributed by atoms with Crippen molar-refractivity contribution in [2.75, 3.05) is 13.1 Å². The molecule has 0 saturated carbocycles.